The largest absolute Gasteiger partial charge is 0.491 e. The molecule has 1 aliphatic heterocycles. The van der Waals surface area contributed by atoms with Gasteiger partial charge in [0.05, 0.1) is 18.8 Å². The van der Waals surface area contributed by atoms with Crippen LogP contribution in [0.25, 0.3) is 11.3 Å². The number of nitrogens with zero attached hydrogens (tertiary/aromatic N) is 4. The quantitative estimate of drug-likeness (QED) is 0.796. The van der Waals surface area contributed by atoms with Crippen LogP contribution in [0.2, 0.25) is 0 Å². The molecular weight excluding hydrogens is 335 g/mol. The standard InChI is InChI=1S/C19H23FN4O2/c1-2-26-18-7-6-14(9-16(18)20)17-12-24(22-21-17)15-10-23(11-15)19(25)8-13-4-3-5-13/h6-7,9,12-13,15H,2-5,8,10-11H2,1H3. The first kappa shape index (κ1) is 17.0. The maximum Gasteiger partial charge on any atom is 0.222 e. The number of carbonyl (C=O) groups excluding carboxylic acids is 1. The number of hydrogen-bond donors (Lipinski definition) is 0. The lowest BCUT2D eigenvalue weighted by molar-refractivity contribution is -0.138. The number of rotatable bonds is 6. The topological polar surface area (TPSA) is 60.2 Å². The van der Waals surface area contributed by atoms with Crippen molar-refractivity contribution in [3.63, 3.8) is 0 Å². The Bertz CT molecular complexity index is 797. The number of ether oxygens (including phenoxy) is 1. The van der Waals surface area contributed by atoms with E-state index in [1.807, 2.05) is 18.0 Å². The minimum Gasteiger partial charge on any atom is -0.491 e. The number of benzene rings is 1. The predicted octanol–water partition coefficient (Wildman–Crippen LogP) is 3.06. The van der Waals surface area contributed by atoms with Crippen LogP contribution in [-0.2, 0) is 4.79 Å². The van der Waals surface area contributed by atoms with Gasteiger partial charge in [0.1, 0.15) is 5.69 Å². The van der Waals surface area contributed by atoms with E-state index in [2.05, 4.69) is 10.3 Å². The lowest BCUT2D eigenvalue weighted by atomic mass is 9.82. The minimum atomic E-state index is -0.407. The molecule has 2 fully saturated rings. The second kappa shape index (κ2) is 7.05. The van der Waals surface area contributed by atoms with Crippen LogP contribution in [0, 0.1) is 11.7 Å². The number of aromatic nitrogens is 3. The van der Waals surface area contributed by atoms with Crippen molar-refractivity contribution in [3.05, 3.63) is 30.2 Å². The molecule has 0 bridgehead atoms. The molecule has 2 heterocycles. The molecule has 1 aliphatic carbocycles. The molecule has 0 radical (unpaired) electrons. The van der Waals surface area contributed by atoms with Crippen molar-refractivity contribution in [1.29, 1.82) is 0 Å². The Morgan fingerprint density at radius 1 is 1.35 bits per heavy atom. The zero-order valence-electron chi connectivity index (χ0n) is 14.9. The van der Waals surface area contributed by atoms with Crippen molar-refractivity contribution < 1.29 is 13.9 Å². The first-order chi connectivity index (χ1) is 12.6. The average Bonchev–Trinajstić information content (AvgIpc) is 3.01. The molecule has 1 aromatic carbocycles. The third-order valence-corrected chi connectivity index (χ3v) is 5.31. The number of hydrogen-bond acceptors (Lipinski definition) is 4. The smallest absolute Gasteiger partial charge is 0.222 e. The predicted molar refractivity (Wildman–Crippen MR) is 94.2 cm³/mol. The second-order valence-corrected chi connectivity index (χ2v) is 7.12. The van der Waals surface area contributed by atoms with E-state index in [-0.39, 0.29) is 17.7 Å². The summed E-state index contributed by atoms with van der Waals surface area (Å²) in [5, 5.41) is 8.31. The second-order valence-electron chi connectivity index (χ2n) is 7.12. The van der Waals surface area contributed by atoms with E-state index in [4.69, 9.17) is 4.74 Å². The van der Waals surface area contributed by atoms with Gasteiger partial charge in [0.2, 0.25) is 5.91 Å². The van der Waals surface area contributed by atoms with Crippen LogP contribution < -0.4 is 4.74 Å². The number of halogens is 1. The minimum absolute atomic E-state index is 0.147. The van der Waals surface area contributed by atoms with Gasteiger partial charge in [-0.3, -0.25) is 4.79 Å². The van der Waals surface area contributed by atoms with Crippen molar-refractivity contribution >= 4 is 5.91 Å². The van der Waals surface area contributed by atoms with E-state index in [1.54, 1.807) is 16.8 Å². The molecule has 2 aliphatic rings. The Hall–Kier alpha value is -2.44. The molecule has 2 aromatic rings. The summed E-state index contributed by atoms with van der Waals surface area (Å²) in [7, 11) is 0. The Morgan fingerprint density at radius 2 is 2.15 bits per heavy atom. The van der Waals surface area contributed by atoms with Crippen molar-refractivity contribution in [2.24, 2.45) is 5.92 Å². The highest BCUT2D eigenvalue weighted by atomic mass is 19.1. The van der Waals surface area contributed by atoms with Gasteiger partial charge < -0.3 is 9.64 Å². The number of carbonyl (C=O) groups is 1. The van der Waals surface area contributed by atoms with E-state index < -0.39 is 5.82 Å². The summed E-state index contributed by atoms with van der Waals surface area (Å²) in [6, 6.07) is 4.94. The summed E-state index contributed by atoms with van der Waals surface area (Å²) < 4.78 is 21.0. The van der Waals surface area contributed by atoms with Crippen molar-refractivity contribution in [3.8, 4) is 17.0 Å². The fraction of sp³-hybridized carbons (Fsp3) is 0.526. The van der Waals surface area contributed by atoms with E-state index in [1.165, 1.54) is 25.3 Å². The summed E-state index contributed by atoms with van der Waals surface area (Å²) in [5.41, 5.74) is 1.28. The monoisotopic (exact) mass is 358 g/mol. The molecule has 1 saturated heterocycles. The van der Waals surface area contributed by atoms with Gasteiger partial charge >= 0.3 is 0 Å². The molecule has 0 spiro atoms. The maximum atomic E-state index is 14.0. The zero-order valence-corrected chi connectivity index (χ0v) is 14.9. The molecule has 6 nitrogen and oxygen atoms in total. The number of likely N-dealkylation sites (tertiary alicyclic amines) is 1. The SMILES string of the molecule is CCOc1ccc(-c2cn(C3CN(C(=O)CC4CCC4)C3)nn2)cc1F. The van der Waals surface area contributed by atoms with Gasteiger partial charge in [-0.2, -0.15) is 0 Å². The van der Waals surface area contributed by atoms with Gasteiger partial charge in [0.15, 0.2) is 11.6 Å². The molecule has 7 heteroatoms. The van der Waals surface area contributed by atoms with E-state index in [0.29, 0.717) is 43.3 Å². The first-order valence-electron chi connectivity index (χ1n) is 9.26. The summed E-state index contributed by atoms with van der Waals surface area (Å²) in [5.74, 6) is 0.674. The lowest BCUT2D eigenvalue weighted by Crippen LogP contribution is -2.51. The Balaban J connectivity index is 1.36. The molecule has 0 atom stereocenters. The number of amides is 1. The van der Waals surface area contributed by atoms with Crippen molar-refractivity contribution in [2.75, 3.05) is 19.7 Å². The summed E-state index contributed by atoms with van der Waals surface area (Å²) in [6.07, 6.45) is 6.13. The van der Waals surface area contributed by atoms with Crippen LogP contribution in [0.5, 0.6) is 5.75 Å². The maximum absolute atomic E-state index is 14.0. The van der Waals surface area contributed by atoms with Crippen molar-refractivity contribution in [1.82, 2.24) is 19.9 Å². The van der Waals surface area contributed by atoms with Crippen LogP contribution >= 0.6 is 0 Å². The van der Waals surface area contributed by atoms with Crippen LogP contribution in [0.3, 0.4) is 0 Å². The lowest BCUT2D eigenvalue weighted by Gasteiger charge is -2.40. The molecule has 138 valence electrons. The van der Waals surface area contributed by atoms with Crippen LogP contribution in [-0.4, -0.2) is 45.5 Å². The van der Waals surface area contributed by atoms with Crippen LogP contribution in [0.15, 0.2) is 24.4 Å². The van der Waals surface area contributed by atoms with E-state index >= 15 is 0 Å². The third-order valence-electron chi connectivity index (χ3n) is 5.31. The van der Waals surface area contributed by atoms with Crippen LogP contribution in [0.4, 0.5) is 4.39 Å². The van der Waals surface area contributed by atoms with Gasteiger partial charge in [-0.25, -0.2) is 9.07 Å². The summed E-state index contributed by atoms with van der Waals surface area (Å²) in [4.78, 5) is 14.1. The molecule has 1 saturated carbocycles. The highest BCUT2D eigenvalue weighted by molar-refractivity contribution is 5.77. The molecule has 4 rings (SSSR count). The summed E-state index contributed by atoms with van der Waals surface area (Å²) >= 11 is 0. The van der Waals surface area contributed by atoms with E-state index in [0.717, 1.165) is 0 Å². The highest BCUT2D eigenvalue weighted by Gasteiger charge is 2.34. The fourth-order valence-electron chi connectivity index (χ4n) is 3.42. The van der Waals surface area contributed by atoms with Gasteiger partial charge in [0, 0.05) is 25.1 Å². The summed E-state index contributed by atoms with van der Waals surface area (Å²) in [6.45, 7) is 3.58. The molecule has 26 heavy (non-hydrogen) atoms. The Kier molecular flexibility index (Phi) is 4.61. The third kappa shape index (κ3) is 3.30. The molecule has 0 unspecified atom stereocenters. The average molecular weight is 358 g/mol. The molecular formula is C19H23FN4O2. The van der Waals surface area contributed by atoms with Gasteiger partial charge in [-0.1, -0.05) is 11.6 Å². The zero-order chi connectivity index (χ0) is 18.1. The fourth-order valence-corrected chi connectivity index (χ4v) is 3.42. The molecule has 0 N–H and O–H groups in total. The van der Waals surface area contributed by atoms with Crippen LogP contribution in [0.1, 0.15) is 38.6 Å². The van der Waals surface area contributed by atoms with Gasteiger partial charge in [-0.15, -0.1) is 5.10 Å². The van der Waals surface area contributed by atoms with Gasteiger partial charge in [0.25, 0.3) is 0 Å². The van der Waals surface area contributed by atoms with E-state index in [9.17, 15) is 9.18 Å². The Morgan fingerprint density at radius 3 is 2.81 bits per heavy atom. The van der Waals surface area contributed by atoms with Crippen molar-refractivity contribution in [2.45, 2.75) is 38.6 Å². The molecule has 1 aromatic heterocycles. The normalized spacial score (nSPS) is 17.7. The molecule has 1 amide bonds. The highest BCUT2D eigenvalue weighted by Crippen LogP contribution is 2.32. The van der Waals surface area contributed by atoms with Gasteiger partial charge in [-0.05, 0) is 43.9 Å². The Labute approximate surface area is 151 Å². The first-order valence-corrected chi connectivity index (χ1v) is 9.26.